The lowest BCUT2D eigenvalue weighted by Gasteiger charge is -2.16. The number of rotatable bonds is 7. The highest BCUT2D eigenvalue weighted by atomic mass is 35.5. The highest BCUT2D eigenvalue weighted by Gasteiger charge is 2.29. The molecule has 0 saturated carbocycles. The number of carbonyl (C=O) groups is 2. The summed E-state index contributed by atoms with van der Waals surface area (Å²) < 4.78 is 28.6. The number of aromatic carboxylic acids is 1. The van der Waals surface area contributed by atoms with E-state index in [1.165, 1.54) is 13.1 Å². The molecule has 0 aliphatic rings. The number of benzene rings is 2. The number of alkyl halides is 2. The SMILES string of the molecule is Cc1cc([C@H](C)NC(=O)c2c(Cc3cccc(Cl)c3)nn(C)c2C(F)F)ccc1C(=O)O. The Balaban J connectivity index is 1.92. The first-order valence-corrected chi connectivity index (χ1v) is 10.2. The average molecular weight is 462 g/mol. The summed E-state index contributed by atoms with van der Waals surface area (Å²) in [5, 5.41) is 16.6. The summed E-state index contributed by atoms with van der Waals surface area (Å²) in [5.41, 5.74) is 1.65. The molecule has 9 heteroatoms. The van der Waals surface area contributed by atoms with Gasteiger partial charge in [0, 0.05) is 18.5 Å². The molecule has 1 aromatic heterocycles. The van der Waals surface area contributed by atoms with Gasteiger partial charge in [-0.05, 0) is 48.7 Å². The van der Waals surface area contributed by atoms with Crippen LogP contribution in [0.1, 0.15) is 68.2 Å². The van der Waals surface area contributed by atoms with Gasteiger partial charge in [0.25, 0.3) is 12.3 Å². The topological polar surface area (TPSA) is 84.2 Å². The molecule has 168 valence electrons. The molecule has 0 aliphatic heterocycles. The molecule has 0 radical (unpaired) electrons. The van der Waals surface area contributed by atoms with Crippen molar-refractivity contribution in [3.63, 3.8) is 0 Å². The molecule has 32 heavy (non-hydrogen) atoms. The molecule has 0 fully saturated rings. The van der Waals surface area contributed by atoms with Crippen LogP contribution in [-0.4, -0.2) is 26.8 Å². The predicted octanol–water partition coefficient (Wildman–Crippen LogP) is 5.10. The number of nitrogens with one attached hydrogen (secondary N) is 1. The molecule has 2 aromatic carbocycles. The Morgan fingerprint density at radius 2 is 1.94 bits per heavy atom. The maximum Gasteiger partial charge on any atom is 0.335 e. The number of aromatic nitrogens is 2. The van der Waals surface area contributed by atoms with E-state index in [1.807, 2.05) is 0 Å². The number of amides is 1. The predicted molar refractivity (Wildman–Crippen MR) is 116 cm³/mol. The van der Waals surface area contributed by atoms with Crippen molar-refractivity contribution in [2.24, 2.45) is 7.05 Å². The average Bonchev–Trinajstić information content (AvgIpc) is 3.03. The molecule has 0 aliphatic carbocycles. The number of nitrogens with zero attached hydrogens (tertiary/aromatic N) is 2. The van der Waals surface area contributed by atoms with Crippen LogP contribution >= 0.6 is 11.6 Å². The number of hydrogen-bond donors (Lipinski definition) is 2. The molecular weight excluding hydrogens is 440 g/mol. The summed E-state index contributed by atoms with van der Waals surface area (Å²) in [4.78, 5) is 24.3. The first kappa shape index (κ1) is 23.4. The summed E-state index contributed by atoms with van der Waals surface area (Å²) in [6.45, 7) is 3.35. The zero-order valence-corrected chi connectivity index (χ0v) is 18.5. The maximum absolute atomic E-state index is 13.8. The van der Waals surface area contributed by atoms with E-state index in [2.05, 4.69) is 10.4 Å². The van der Waals surface area contributed by atoms with Gasteiger partial charge in [-0.1, -0.05) is 35.9 Å². The Morgan fingerprint density at radius 3 is 2.53 bits per heavy atom. The number of hydrogen-bond acceptors (Lipinski definition) is 3. The Labute approximate surface area is 188 Å². The normalized spacial score (nSPS) is 12.1. The lowest BCUT2D eigenvalue weighted by molar-refractivity contribution is 0.0695. The Kier molecular flexibility index (Phi) is 6.93. The molecule has 0 spiro atoms. The van der Waals surface area contributed by atoms with Crippen LogP contribution in [0.2, 0.25) is 5.02 Å². The molecule has 0 unspecified atom stereocenters. The third kappa shape index (κ3) is 4.96. The van der Waals surface area contributed by atoms with Gasteiger partial charge in [-0.3, -0.25) is 9.48 Å². The quantitative estimate of drug-likeness (QED) is 0.512. The smallest absolute Gasteiger partial charge is 0.335 e. The van der Waals surface area contributed by atoms with Crippen LogP contribution in [0.15, 0.2) is 42.5 Å². The standard InChI is InChI=1S/C23H22ClF2N3O3/c1-12-9-15(7-8-17(12)23(31)32)13(2)27-22(30)19-18(28-29(3)20(19)21(25)26)11-14-5-4-6-16(24)10-14/h4-10,13,21H,11H2,1-3H3,(H,27,30)(H,31,32)/t13-/m0/s1. The van der Waals surface area contributed by atoms with Crippen LogP contribution in [0, 0.1) is 6.92 Å². The van der Waals surface area contributed by atoms with Gasteiger partial charge < -0.3 is 10.4 Å². The maximum atomic E-state index is 13.8. The number of carboxylic acid groups (broad SMARTS) is 1. The van der Waals surface area contributed by atoms with Crippen LogP contribution < -0.4 is 5.32 Å². The minimum absolute atomic E-state index is 0.156. The van der Waals surface area contributed by atoms with Gasteiger partial charge in [-0.15, -0.1) is 0 Å². The van der Waals surface area contributed by atoms with E-state index >= 15 is 0 Å². The Bertz CT molecular complexity index is 1180. The van der Waals surface area contributed by atoms with Crippen molar-refractivity contribution in [1.29, 1.82) is 0 Å². The van der Waals surface area contributed by atoms with E-state index in [4.69, 9.17) is 11.6 Å². The number of carbonyl (C=O) groups excluding carboxylic acids is 1. The molecule has 0 bridgehead atoms. The van der Waals surface area contributed by atoms with E-state index in [0.29, 0.717) is 16.1 Å². The monoisotopic (exact) mass is 461 g/mol. The van der Waals surface area contributed by atoms with Crippen molar-refractivity contribution in [3.8, 4) is 0 Å². The molecule has 3 aromatic rings. The van der Waals surface area contributed by atoms with Crippen LogP contribution in [-0.2, 0) is 13.5 Å². The highest BCUT2D eigenvalue weighted by molar-refractivity contribution is 6.30. The Morgan fingerprint density at radius 1 is 1.22 bits per heavy atom. The highest BCUT2D eigenvalue weighted by Crippen LogP contribution is 2.28. The molecule has 0 saturated heterocycles. The van der Waals surface area contributed by atoms with E-state index < -0.39 is 30.0 Å². The van der Waals surface area contributed by atoms with E-state index in [9.17, 15) is 23.5 Å². The van der Waals surface area contributed by atoms with Crippen molar-refractivity contribution in [2.75, 3.05) is 0 Å². The van der Waals surface area contributed by atoms with Gasteiger partial charge in [-0.25, -0.2) is 13.6 Å². The van der Waals surface area contributed by atoms with Gasteiger partial charge in [0.1, 0.15) is 5.69 Å². The summed E-state index contributed by atoms with van der Waals surface area (Å²) in [5.74, 6) is -1.73. The van der Waals surface area contributed by atoms with Gasteiger partial charge in [0.2, 0.25) is 0 Å². The fraction of sp³-hybridized carbons (Fsp3) is 0.261. The van der Waals surface area contributed by atoms with E-state index in [0.717, 1.165) is 10.2 Å². The fourth-order valence-electron chi connectivity index (χ4n) is 3.60. The molecular formula is C23H22ClF2N3O3. The third-order valence-electron chi connectivity index (χ3n) is 5.19. The van der Waals surface area contributed by atoms with E-state index in [-0.39, 0.29) is 23.2 Å². The van der Waals surface area contributed by atoms with Crippen LogP contribution in [0.5, 0.6) is 0 Å². The van der Waals surface area contributed by atoms with Gasteiger partial charge >= 0.3 is 5.97 Å². The van der Waals surface area contributed by atoms with Crippen molar-refractivity contribution in [1.82, 2.24) is 15.1 Å². The lowest BCUT2D eigenvalue weighted by Crippen LogP contribution is -2.28. The number of carboxylic acids is 1. The molecule has 6 nitrogen and oxygen atoms in total. The van der Waals surface area contributed by atoms with Gasteiger partial charge in [0.15, 0.2) is 0 Å². The molecule has 1 heterocycles. The first-order chi connectivity index (χ1) is 15.1. The number of aryl methyl sites for hydroxylation is 2. The second-order valence-corrected chi connectivity index (χ2v) is 7.95. The van der Waals surface area contributed by atoms with Crippen LogP contribution in [0.3, 0.4) is 0 Å². The largest absolute Gasteiger partial charge is 0.478 e. The zero-order chi connectivity index (χ0) is 23.6. The lowest BCUT2D eigenvalue weighted by atomic mass is 10.00. The van der Waals surface area contributed by atoms with Crippen molar-refractivity contribution >= 4 is 23.5 Å². The molecule has 2 N–H and O–H groups in total. The van der Waals surface area contributed by atoms with E-state index in [1.54, 1.807) is 50.2 Å². The van der Waals surface area contributed by atoms with Crippen molar-refractivity contribution in [3.05, 3.63) is 86.7 Å². The minimum Gasteiger partial charge on any atom is -0.478 e. The number of halogens is 3. The summed E-state index contributed by atoms with van der Waals surface area (Å²) in [6, 6.07) is 11.0. The second kappa shape index (κ2) is 9.48. The first-order valence-electron chi connectivity index (χ1n) is 9.81. The van der Waals surface area contributed by atoms with Crippen molar-refractivity contribution in [2.45, 2.75) is 32.7 Å². The molecule has 3 rings (SSSR count). The minimum atomic E-state index is -2.89. The summed E-state index contributed by atoms with van der Waals surface area (Å²) >= 11 is 6.02. The van der Waals surface area contributed by atoms with Crippen LogP contribution in [0.4, 0.5) is 8.78 Å². The zero-order valence-electron chi connectivity index (χ0n) is 17.7. The summed E-state index contributed by atoms with van der Waals surface area (Å²) in [6.07, 6.45) is -2.74. The third-order valence-corrected chi connectivity index (χ3v) is 5.42. The second-order valence-electron chi connectivity index (χ2n) is 7.51. The van der Waals surface area contributed by atoms with Gasteiger partial charge in [-0.2, -0.15) is 5.10 Å². The van der Waals surface area contributed by atoms with Crippen molar-refractivity contribution < 1.29 is 23.5 Å². The molecule has 1 atom stereocenters. The van der Waals surface area contributed by atoms with Gasteiger partial charge in [0.05, 0.1) is 22.9 Å². The van der Waals surface area contributed by atoms with Crippen LogP contribution in [0.25, 0.3) is 0 Å². The molecule has 1 amide bonds. The fourth-order valence-corrected chi connectivity index (χ4v) is 3.82. The summed E-state index contributed by atoms with van der Waals surface area (Å²) in [7, 11) is 1.37. The Hall–Kier alpha value is -3.26.